The molecule has 2 aromatic rings. The number of hydrogen-bond donors (Lipinski definition) is 1. The van der Waals surface area contributed by atoms with Crippen LogP contribution in [0, 0.1) is 12.7 Å². The van der Waals surface area contributed by atoms with Crippen LogP contribution in [0.4, 0.5) is 4.39 Å². The van der Waals surface area contributed by atoms with Crippen LogP contribution in [0.2, 0.25) is 0 Å². The molecule has 0 fully saturated rings. The molecule has 0 saturated heterocycles. The summed E-state index contributed by atoms with van der Waals surface area (Å²) in [5, 5.41) is 3.89. The molecule has 1 aromatic carbocycles. The van der Waals surface area contributed by atoms with E-state index in [2.05, 4.69) is 10.5 Å². The van der Waals surface area contributed by atoms with Crippen LogP contribution in [0.1, 0.15) is 28.6 Å². The number of hydrogen-bond acceptors (Lipinski definition) is 3. The normalized spacial score (nSPS) is 11.4. The van der Waals surface area contributed by atoms with E-state index >= 15 is 0 Å². The molecule has 19 heavy (non-hydrogen) atoms. The van der Waals surface area contributed by atoms with Gasteiger partial charge < -0.3 is 4.42 Å². The van der Waals surface area contributed by atoms with Crippen molar-refractivity contribution in [3.05, 3.63) is 59.3 Å². The zero-order valence-electron chi connectivity index (χ0n) is 10.6. The van der Waals surface area contributed by atoms with Gasteiger partial charge in [-0.2, -0.15) is 5.10 Å². The van der Waals surface area contributed by atoms with Gasteiger partial charge in [0.05, 0.1) is 17.5 Å². The first-order valence-corrected chi connectivity index (χ1v) is 5.73. The molecule has 0 bridgehead atoms. The quantitative estimate of drug-likeness (QED) is 0.681. The van der Waals surface area contributed by atoms with Crippen LogP contribution >= 0.6 is 0 Å². The molecule has 98 valence electrons. The summed E-state index contributed by atoms with van der Waals surface area (Å²) in [4.78, 5) is 11.8. The number of rotatable bonds is 3. The summed E-state index contributed by atoms with van der Waals surface area (Å²) in [5.41, 5.74) is 3.53. The molecule has 0 spiro atoms. The monoisotopic (exact) mass is 260 g/mol. The molecule has 0 saturated carbocycles. The molecule has 4 nitrogen and oxygen atoms in total. The number of furan rings is 1. The number of hydrazone groups is 1. The van der Waals surface area contributed by atoms with Crippen LogP contribution in [-0.2, 0) is 0 Å². The fourth-order valence-corrected chi connectivity index (χ4v) is 1.63. The van der Waals surface area contributed by atoms with E-state index in [-0.39, 0.29) is 11.7 Å². The molecule has 5 heteroatoms. The molecule has 1 amide bonds. The van der Waals surface area contributed by atoms with E-state index in [0.29, 0.717) is 22.6 Å². The first-order chi connectivity index (χ1) is 9.09. The first kappa shape index (κ1) is 13.0. The van der Waals surface area contributed by atoms with Crippen LogP contribution in [0.5, 0.6) is 0 Å². The summed E-state index contributed by atoms with van der Waals surface area (Å²) in [6.45, 7) is 3.31. The van der Waals surface area contributed by atoms with E-state index in [1.165, 1.54) is 12.3 Å². The minimum Gasteiger partial charge on any atom is -0.469 e. The van der Waals surface area contributed by atoms with E-state index in [4.69, 9.17) is 4.42 Å². The Morgan fingerprint density at radius 1 is 1.26 bits per heavy atom. The first-order valence-electron chi connectivity index (χ1n) is 5.73. The van der Waals surface area contributed by atoms with Crippen molar-refractivity contribution in [2.75, 3.05) is 0 Å². The van der Waals surface area contributed by atoms with Gasteiger partial charge in [-0.15, -0.1) is 0 Å². The molecule has 0 atom stereocenters. The predicted molar refractivity (Wildman–Crippen MR) is 69.5 cm³/mol. The second-order valence-electron chi connectivity index (χ2n) is 4.01. The Bertz CT molecular complexity index is 632. The lowest BCUT2D eigenvalue weighted by Gasteiger charge is -2.03. The van der Waals surface area contributed by atoms with Gasteiger partial charge in [-0.1, -0.05) is 18.2 Å². The van der Waals surface area contributed by atoms with E-state index in [1.807, 2.05) is 0 Å². The van der Waals surface area contributed by atoms with Crippen LogP contribution in [0.3, 0.4) is 0 Å². The van der Waals surface area contributed by atoms with Crippen molar-refractivity contribution in [3.8, 4) is 0 Å². The Morgan fingerprint density at radius 2 is 2.00 bits per heavy atom. The largest absolute Gasteiger partial charge is 0.469 e. The second kappa shape index (κ2) is 5.48. The number of carbonyl (C=O) groups excluding carboxylic acids is 1. The van der Waals surface area contributed by atoms with E-state index in [9.17, 15) is 9.18 Å². The lowest BCUT2D eigenvalue weighted by molar-refractivity contribution is 0.0953. The number of nitrogens with one attached hydrogen (secondary N) is 1. The van der Waals surface area contributed by atoms with E-state index in [0.717, 1.165) is 0 Å². The summed E-state index contributed by atoms with van der Waals surface area (Å²) in [6.07, 6.45) is 1.43. The SMILES string of the molecule is C/C(=N\NC(=O)c1ccoc1C)c1ccccc1F. The van der Waals surface area contributed by atoms with E-state index < -0.39 is 0 Å². The average Bonchev–Trinajstić information content (AvgIpc) is 2.82. The van der Waals surface area contributed by atoms with Crippen molar-refractivity contribution in [3.63, 3.8) is 0 Å². The molecular formula is C14H13FN2O2. The third kappa shape index (κ3) is 2.88. The van der Waals surface area contributed by atoms with Crippen molar-refractivity contribution in [1.29, 1.82) is 0 Å². The summed E-state index contributed by atoms with van der Waals surface area (Å²) in [7, 11) is 0. The van der Waals surface area contributed by atoms with Gasteiger partial charge in [0.15, 0.2) is 0 Å². The molecule has 0 aliphatic heterocycles. The highest BCUT2D eigenvalue weighted by Gasteiger charge is 2.11. The molecule has 0 aliphatic carbocycles. The third-order valence-electron chi connectivity index (χ3n) is 2.69. The highest BCUT2D eigenvalue weighted by Crippen LogP contribution is 2.09. The van der Waals surface area contributed by atoms with Gasteiger partial charge in [-0.25, -0.2) is 9.82 Å². The zero-order valence-corrected chi connectivity index (χ0v) is 10.6. The molecule has 0 aliphatic rings. The molecule has 1 heterocycles. The average molecular weight is 260 g/mol. The highest BCUT2D eigenvalue weighted by atomic mass is 19.1. The Hall–Kier alpha value is -2.43. The number of benzene rings is 1. The molecular weight excluding hydrogens is 247 g/mol. The Morgan fingerprint density at radius 3 is 2.63 bits per heavy atom. The Balaban J connectivity index is 2.13. The maximum Gasteiger partial charge on any atom is 0.274 e. The standard InChI is InChI=1S/C14H13FN2O2/c1-9(11-5-3-4-6-13(11)15)16-17-14(18)12-7-8-19-10(12)2/h3-8H,1-2H3,(H,17,18)/b16-9+. The number of amides is 1. The fraction of sp³-hybridized carbons (Fsp3) is 0.143. The predicted octanol–water partition coefficient (Wildman–Crippen LogP) is 2.88. The van der Waals surface area contributed by atoms with Gasteiger partial charge in [0.25, 0.3) is 5.91 Å². The van der Waals surface area contributed by atoms with Crippen molar-refractivity contribution in [1.82, 2.24) is 5.43 Å². The summed E-state index contributed by atoms with van der Waals surface area (Å²) < 4.78 is 18.5. The smallest absolute Gasteiger partial charge is 0.274 e. The van der Waals surface area contributed by atoms with Gasteiger partial charge in [0, 0.05) is 5.56 Å². The molecule has 1 aromatic heterocycles. The Labute approximate surface area is 109 Å². The van der Waals surface area contributed by atoms with Gasteiger partial charge in [-0.3, -0.25) is 4.79 Å². The number of carbonyl (C=O) groups is 1. The summed E-state index contributed by atoms with van der Waals surface area (Å²) in [6, 6.07) is 7.80. The maximum atomic E-state index is 13.5. The number of nitrogens with zero attached hydrogens (tertiary/aromatic N) is 1. The number of halogens is 1. The molecule has 0 radical (unpaired) electrons. The third-order valence-corrected chi connectivity index (χ3v) is 2.69. The summed E-state index contributed by atoms with van der Waals surface area (Å²) in [5.74, 6) is -0.254. The Kier molecular flexibility index (Phi) is 3.75. The van der Waals surface area contributed by atoms with Crippen LogP contribution in [0.15, 0.2) is 46.1 Å². The van der Waals surface area contributed by atoms with Crippen molar-refractivity contribution >= 4 is 11.6 Å². The zero-order chi connectivity index (χ0) is 13.8. The van der Waals surface area contributed by atoms with Crippen LogP contribution in [0.25, 0.3) is 0 Å². The second-order valence-corrected chi connectivity index (χ2v) is 4.01. The van der Waals surface area contributed by atoms with Crippen molar-refractivity contribution in [2.45, 2.75) is 13.8 Å². The van der Waals surface area contributed by atoms with E-state index in [1.54, 1.807) is 38.1 Å². The molecule has 2 rings (SSSR count). The topological polar surface area (TPSA) is 54.6 Å². The lowest BCUT2D eigenvalue weighted by atomic mass is 10.1. The van der Waals surface area contributed by atoms with Crippen LogP contribution < -0.4 is 5.43 Å². The highest BCUT2D eigenvalue weighted by molar-refractivity contribution is 6.01. The fourth-order valence-electron chi connectivity index (χ4n) is 1.63. The maximum absolute atomic E-state index is 13.5. The van der Waals surface area contributed by atoms with Crippen molar-refractivity contribution in [2.24, 2.45) is 5.10 Å². The minimum atomic E-state index is -0.387. The van der Waals surface area contributed by atoms with Gasteiger partial charge in [0.2, 0.25) is 0 Å². The molecule has 1 N–H and O–H groups in total. The van der Waals surface area contributed by atoms with Crippen LogP contribution in [-0.4, -0.2) is 11.6 Å². The number of aryl methyl sites for hydroxylation is 1. The van der Waals surface area contributed by atoms with Gasteiger partial charge >= 0.3 is 0 Å². The van der Waals surface area contributed by atoms with Gasteiger partial charge in [0.1, 0.15) is 11.6 Å². The minimum absolute atomic E-state index is 0.353. The van der Waals surface area contributed by atoms with Gasteiger partial charge in [-0.05, 0) is 26.0 Å². The lowest BCUT2D eigenvalue weighted by Crippen LogP contribution is -2.19. The van der Waals surface area contributed by atoms with Crippen molar-refractivity contribution < 1.29 is 13.6 Å². The molecule has 0 unspecified atom stereocenters. The summed E-state index contributed by atoms with van der Waals surface area (Å²) >= 11 is 0.